The molecule has 2 N–H and O–H groups in total. The molecule has 0 saturated carbocycles. The molecule has 2 unspecified atom stereocenters. The van der Waals surface area contributed by atoms with E-state index in [9.17, 15) is 13.2 Å². The van der Waals surface area contributed by atoms with Gasteiger partial charge in [0.05, 0.1) is 12.6 Å². The molecule has 1 saturated heterocycles. The highest BCUT2D eigenvalue weighted by atomic mass is 35.5. The van der Waals surface area contributed by atoms with Crippen LogP contribution in [0.3, 0.4) is 0 Å². The third-order valence-electron chi connectivity index (χ3n) is 3.65. The maximum atomic E-state index is 12.7. The van der Waals surface area contributed by atoms with Crippen molar-refractivity contribution in [2.24, 2.45) is 11.7 Å². The van der Waals surface area contributed by atoms with Gasteiger partial charge in [-0.15, -0.1) is 23.7 Å². The third kappa shape index (κ3) is 3.77. The van der Waals surface area contributed by atoms with E-state index in [1.54, 1.807) is 0 Å². The first-order chi connectivity index (χ1) is 9.87. The maximum absolute atomic E-state index is 12.7. The number of methoxy groups -OCH3 is 1. The first-order valence-corrected chi connectivity index (χ1v) is 8.97. The fourth-order valence-electron chi connectivity index (χ4n) is 2.39. The van der Waals surface area contributed by atoms with Gasteiger partial charge in [-0.1, -0.05) is 0 Å². The molecule has 0 radical (unpaired) electrons. The van der Waals surface area contributed by atoms with Gasteiger partial charge in [0.15, 0.2) is 9.90 Å². The summed E-state index contributed by atoms with van der Waals surface area (Å²) in [5.41, 5.74) is 7.08. The van der Waals surface area contributed by atoms with Crippen molar-refractivity contribution in [1.29, 1.82) is 0 Å². The Morgan fingerprint density at radius 2 is 2.27 bits per heavy atom. The van der Waals surface area contributed by atoms with Crippen LogP contribution in [-0.2, 0) is 14.8 Å². The van der Waals surface area contributed by atoms with Crippen molar-refractivity contribution in [2.45, 2.75) is 30.0 Å². The number of nitrogens with zero attached hydrogens (tertiary/aromatic N) is 2. The molecule has 2 heterocycles. The summed E-state index contributed by atoms with van der Waals surface area (Å²) in [6.45, 7) is 2.69. The molecule has 1 fully saturated rings. The summed E-state index contributed by atoms with van der Waals surface area (Å²) >= 11 is 0.931. The molecule has 1 aromatic heterocycles. The summed E-state index contributed by atoms with van der Waals surface area (Å²) in [4.78, 5) is 15.4. The summed E-state index contributed by atoms with van der Waals surface area (Å²) in [6, 6.07) is -0.0652. The zero-order valence-electron chi connectivity index (χ0n) is 12.4. The third-order valence-corrected chi connectivity index (χ3v) is 6.86. The minimum atomic E-state index is -3.74. The number of sulfonamides is 1. The summed E-state index contributed by atoms with van der Waals surface area (Å²) in [6.07, 6.45) is 1.67. The quantitative estimate of drug-likeness (QED) is 0.797. The Bertz CT molecular complexity index is 618. The van der Waals surface area contributed by atoms with Crippen LogP contribution < -0.4 is 5.73 Å². The fourth-order valence-corrected chi connectivity index (χ4v) is 5.20. The monoisotopic (exact) mass is 369 g/mol. The van der Waals surface area contributed by atoms with Crippen LogP contribution >= 0.6 is 23.7 Å². The summed E-state index contributed by atoms with van der Waals surface area (Å²) in [5, 5.41) is 0. The molecule has 0 bridgehead atoms. The van der Waals surface area contributed by atoms with Crippen molar-refractivity contribution in [3.63, 3.8) is 0 Å². The lowest BCUT2D eigenvalue weighted by Crippen LogP contribution is -2.45. The molecule has 1 aromatic rings. The second kappa shape index (κ2) is 7.69. The number of hydrogen-bond acceptors (Lipinski definition) is 7. The largest absolute Gasteiger partial charge is 0.464 e. The molecule has 126 valence electrons. The van der Waals surface area contributed by atoms with Gasteiger partial charge in [-0.05, 0) is 25.7 Å². The average molecular weight is 370 g/mol. The maximum Gasteiger partial charge on any atom is 0.358 e. The Hall–Kier alpha value is -0.740. The Morgan fingerprint density at radius 3 is 2.86 bits per heavy atom. The zero-order chi connectivity index (χ0) is 15.6. The van der Waals surface area contributed by atoms with Crippen LogP contribution in [0.25, 0.3) is 0 Å². The zero-order valence-corrected chi connectivity index (χ0v) is 14.8. The number of carbonyl (C=O) groups is 1. The van der Waals surface area contributed by atoms with Gasteiger partial charge in [-0.25, -0.2) is 18.2 Å². The molecule has 0 spiro atoms. The number of ether oxygens (including phenoxy) is 1. The van der Waals surface area contributed by atoms with Crippen LogP contribution in [0.2, 0.25) is 0 Å². The molecular weight excluding hydrogens is 350 g/mol. The second-order valence-corrected chi connectivity index (χ2v) is 8.09. The lowest BCUT2D eigenvalue weighted by molar-refractivity contribution is 0.0590. The predicted octanol–water partition coefficient (Wildman–Crippen LogP) is 1.10. The number of thiazole rings is 1. The van der Waals surface area contributed by atoms with Crippen molar-refractivity contribution in [1.82, 2.24) is 9.29 Å². The first-order valence-electron chi connectivity index (χ1n) is 6.65. The van der Waals surface area contributed by atoms with E-state index in [0.29, 0.717) is 13.1 Å². The van der Waals surface area contributed by atoms with Crippen LogP contribution in [0.4, 0.5) is 0 Å². The molecule has 10 heteroatoms. The lowest BCUT2D eigenvalue weighted by atomic mass is 9.93. The van der Waals surface area contributed by atoms with E-state index in [1.807, 2.05) is 6.92 Å². The minimum absolute atomic E-state index is 0. The van der Waals surface area contributed by atoms with Gasteiger partial charge in [0.2, 0.25) is 0 Å². The summed E-state index contributed by atoms with van der Waals surface area (Å²) in [7, 11) is -2.54. The van der Waals surface area contributed by atoms with Gasteiger partial charge in [0, 0.05) is 19.1 Å². The van der Waals surface area contributed by atoms with E-state index in [4.69, 9.17) is 5.73 Å². The average Bonchev–Trinajstić information content (AvgIpc) is 2.96. The van der Waals surface area contributed by atoms with Gasteiger partial charge < -0.3 is 10.5 Å². The van der Waals surface area contributed by atoms with E-state index in [2.05, 4.69) is 9.72 Å². The fraction of sp³-hybridized carbons (Fsp3) is 0.667. The Morgan fingerprint density at radius 1 is 1.59 bits per heavy atom. The first kappa shape index (κ1) is 19.3. The molecule has 1 aliphatic rings. The normalized spacial score (nSPS) is 21.0. The minimum Gasteiger partial charge on any atom is -0.464 e. The molecular formula is C12H20ClN3O4S2. The molecule has 2 atom stereocenters. The number of carbonyl (C=O) groups excluding carboxylic acids is 1. The lowest BCUT2D eigenvalue weighted by Gasteiger charge is -2.33. The number of esters is 1. The molecule has 0 aliphatic carbocycles. The number of nitrogens with two attached hydrogens (primary N) is 1. The highest BCUT2D eigenvalue weighted by Crippen LogP contribution is 2.29. The van der Waals surface area contributed by atoms with Crippen LogP contribution in [0.5, 0.6) is 0 Å². The number of rotatable bonds is 4. The van der Waals surface area contributed by atoms with Gasteiger partial charge in [-0.3, -0.25) is 0 Å². The molecule has 0 amide bonds. The highest BCUT2D eigenvalue weighted by molar-refractivity contribution is 7.91. The van der Waals surface area contributed by atoms with Gasteiger partial charge in [0.1, 0.15) is 0 Å². The van der Waals surface area contributed by atoms with Gasteiger partial charge >= 0.3 is 5.97 Å². The second-order valence-electron chi connectivity index (χ2n) is 5.10. The van der Waals surface area contributed by atoms with Crippen molar-refractivity contribution in [3.8, 4) is 0 Å². The van der Waals surface area contributed by atoms with Gasteiger partial charge in [-0.2, -0.15) is 4.31 Å². The summed E-state index contributed by atoms with van der Waals surface area (Å²) in [5.74, 6) is -0.612. The predicted molar refractivity (Wildman–Crippen MR) is 85.8 cm³/mol. The number of halogens is 1. The highest BCUT2D eigenvalue weighted by Gasteiger charge is 2.35. The number of aromatic nitrogens is 1. The van der Waals surface area contributed by atoms with Crippen LogP contribution in [-0.4, -0.2) is 49.9 Å². The Labute approximate surface area is 140 Å². The van der Waals surface area contributed by atoms with Crippen molar-refractivity contribution in [2.75, 3.05) is 20.2 Å². The van der Waals surface area contributed by atoms with E-state index < -0.39 is 16.0 Å². The number of piperidine rings is 1. The molecule has 7 nitrogen and oxygen atoms in total. The van der Waals surface area contributed by atoms with E-state index in [-0.39, 0.29) is 34.3 Å². The SMILES string of the molecule is COC(=O)c1ncsc1S(=O)(=O)N1CCCC(C(C)N)C1.Cl. The van der Waals surface area contributed by atoms with E-state index >= 15 is 0 Å². The smallest absolute Gasteiger partial charge is 0.358 e. The van der Waals surface area contributed by atoms with Crippen molar-refractivity contribution < 1.29 is 17.9 Å². The van der Waals surface area contributed by atoms with Gasteiger partial charge in [0.25, 0.3) is 10.0 Å². The molecule has 1 aliphatic heterocycles. The van der Waals surface area contributed by atoms with Crippen molar-refractivity contribution in [3.05, 3.63) is 11.2 Å². The number of hydrogen-bond donors (Lipinski definition) is 1. The van der Waals surface area contributed by atoms with Crippen LogP contribution in [0.15, 0.2) is 9.72 Å². The Balaban J connectivity index is 0.00000242. The molecule has 2 rings (SSSR count). The van der Waals surface area contributed by atoms with Crippen molar-refractivity contribution >= 4 is 39.7 Å². The topological polar surface area (TPSA) is 103 Å². The van der Waals surface area contributed by atoms with E-state index in [1.165, 1.54) is 16.9 Å². The van der Waals surface area contributed by atoms with E-state index in [0.717, 1.165) is 24.2 Å². The summed E-state index contributed by atoms with van der Waals surface area (Å²) < 4.78 is 31.3. The molecule has 22 heavy (non-hydrogen) atoms. The molecule has 0 aromatic carbocycles. The van der Waals surface area contributed by atoms with Crippen LogP contribution in [0.1, 0.15) is 30.3 Å². The standard InChI is InChI=1S/C12H19N3O4S2.ClH/c1-8(13)9-4-3-5-15(6-9)21(17,18)12-10(11(16)19-2)14-7-20-12;/h7-9H,3-6,13H2,1-2H3;1H. The Kier molecular flexibility index (Phi) is 6.75. The van der Waals surface area contributed by atoms with Crippen LogP contribution in [0, 0.1) is 5.92 Å².